The Balaban J connectivity index is 1.64. The molecule has 3 aromatic rings. The molecule has 0 aliphatic heterocycles. The van der Waals surface area contributed by atoms with Gasteiger partial charge in [-0.25, -0.2) is 0 Å². The first-order valence-corrected chi connectivity index (χ1v) is 9.62. The van der Waals surface area contributed by atoms with Gasteiger partial charge in [-0.15, -0.1) is 0 Å². The Labute approximate surface area is 176 Å². The predicted molar refractivity (Wildman–Crippen MR) is 114 cm³/mol. The third-order valence-corrected chi connectivity index (χ3v) is 4.80. The van der Waals surface area contributed by atoms with E-state index in [4.69, 9.17) is 14.2 Å². The summed E-state index contributed by atoms with van der Waals surface area (Å²) in [5.74, 6) is 1.56. The van der Waals surface area contributed by atoms with Gasteiger partial charge in [-0.3, -0.25) is 9.48 Å². The number of methoxy groups -OCH3 is 3. The Kier molecular flexibility index (Phi) is 6.95. The van der Waals surface area contributed by atoms with Gasteiger partial charge in [0.25, 0.3) is 0 Å². The minimum absolute atomic E-state index is 0.0138. The highest BCUT2D eigenvalue weighted by Crippen LogP contribution is 2.38. The van der Waals surface area contributed by atoms with E-state index >= 15 is 0 Å². The standard InChI is InChI=1S/C23H27N3O4/c1-25(14-19-13-24-26(16-19)15-17-8-6-5-7-9-17)22(27)12-18-10-20(28-2)23(30-4)21(11-18)29-3/h5-11,13,16H,12,14-15H2,1-4H3. The van der Waals surface area contributed by atoms with E-state index in [9.17, 15) is 4.79 Å². The smallest absolute Gasteiger partial charge is 0.227 e. The number of rotatable bonds is 9. The van der Waals surface area contributed by atoms with Crippen molar-refractivity contribution in [2.24, 2.45) is 0 Å². The van der Waals surface area contributed by atoms with Crippen molar-refractivity contribution >= 4 is 5.91 Å². The van der Waals surface area contributed by atoms with Crippen molar-refractivity contribution in [2.75, 3.05) is 28.4 Å². The van der Waals surface area contributed by atoms with Crippen LogP contribution in [0.3, 0.4) is 0 Å². The van der Waals surface area contributed by atoms with Crippen molar-refractivity contribution in [1.29, 1.82) is 0 Å². The number of aromatic nitrogens is 2. The van der Waals surface area contributed by atoms with Crippen LogP contribution in [0.1, 0.15) is 16.7 Å². The third kappa shape index (κ3) is 5.11. The van der Waals surface area contributed by atoms with Gasteiger partial charge in [0.15, 0.2) is 11.5 Å². The van der Waals surface area contributed by atoms with Gasteiger partial charge in [-0.1, -0.05) is 30.3 Å². The van der Waals surface area contributed by atoms with Gasteiger partial charge in [-0.05, 0) is 23.3 Å². The number of benzene rings is 2. The summed E-state index contributed by atoms with van der Waals surface area (Å²) in [4.78, 5) is 14.4. The monoisotopic (exact) mass is 409 g/mol. The summed E-state index contributed by atoms with van der Waals surface area (Å²) in [7, 11) is 6.45. The molecule has 2 aromatic carbocycles. The Morgan fingerprint density at radius 2 is 1.63 bits per heavy atom. The van der Waals surface area contributed by atoms with Gasteiger partial charge in [0.2, 0.25) is 11.7 Å². The molecule has 1 amide bonds. The van der Waals surface area contributed by atoms with Crippen LogP contribution < -0.4 is 14.2 Å². The van der Waals surface area contributed by atoms with E-state index in [1.165, 1.54) is 5.56 Å². The Bertz CT molecular complexity index is 960. The predicted octanol–water partition coefficient (Wildman–Crippen LogP) is 3.16. The lowest BCUT2D eigenvalue weighted by atomic mass is 10.1. The summed E-state index contributed by atoms with van der Waals surface area (Å²) >= 11 is 0. The second-order valence-corrected chi connectivity index (χ2v) is 6.99. The molecule has 0 unspecified atom stereocenters. The number of hydrogen-bond donors (Lipinski definition) is 0. The van der Waals surface area contributed by atoms with Crippen LogP contribution in [-0.2, 0) is 24.3 Å². The fourth-order valence-corrected chi connectivity index (χ4v) is 3.25. The van der Waals surface area contributed by atoms with Crippen LogP contribution in [0.5, 0.6) is 17.2 Å². The summed E-state index contributed by atoms with van der Waals surface area (Å²) in [6.45, 7) is 1.18. The zero-order chi connectivity index (χ0) is 21.5. The molecule has 0 saturated heterocycles. The minimum atomic E-state index is -0.0138. The van der Waals surface area contributed by atoms with Gasteiger partial charge >= 0.3 is 0 Å². The van der Waals surface area contributed by atoms with Crippen molar-refractivity contribution in [3.05, 3.63) is 71.5 Å². The van der Waals surface area contributed by atoms with Gasteiger partial charge < -0.3 is 19.1 Å². The fraction of sp³-hybridized carbons (Fsp3) is 0.304. The second kappa shape index (κ2) is 9.82. The highest BCUT2D eigenvalue weighted by Gasteiger charge is 2.17. The molecule has 1 heterocycles. The van der Waals surface area contributed by atoms with E-state index in [2.05, 4.69) is 17.2 Å². The highest BCUT2D eigenvalue weighted by molar-refractivity contribution is 5.79. The van der Waals surface area contributed by atoms with Crippen molar-refractivity contribution in [3.63, 3.8) is 0 Å². The van der Waals surface area contributed by atoms with Gasteiger partial charge in [-0.2, -0.15) is 5.10 Å². The van der Waals surface area contributed by atoms with Crippen LogP contribution >= 0.6 is 0 Å². The molecule has 30 heavy (non-hydrogen) atoms. The molecule has 0 atom stereocenters. The molecule has 7 nitrogen and oxygen atoms in total. The summed E-state index contributed by atoms with van der Waals surface area (Å²) in [6, 6.07) is 13.7. The molecule has 0 saturated carbocycles. The normalized spacial score (nSPS) is 10.5. The largest absolute Gasteiger partial charge is 0.493 e. The first-order chi connectivity index (χ1) is 14.5. The highest BCUT2D eigenvalue weighted by atomic mass is 16.5. The number of nitrogens with zero attached hydrogens (tertiary/aromatic N) is 3. The number of carbonyl (C=O) groups excluding carboxylic acids is 1. The number of likely N-dealkylation sites (N-methyl/N-ethyl adjacent to an activating group) is 1. The van der Waals surface area contributed by atoms with E-state index in [0.717, 1.165) is 11.1 Å². The van der Waals surface area contributed by atoms with Crippen LogP contribution in [0.25, 0.3) is 0 Å². The maximum Gasteiger partial charge on any atom is 0.227 e. The topological polar surface area (TPSA) is 65.8 Å². The second-order valence-electron chi connectivity index (χ2n) is 6.99. The molecular weight excluding hydrogens is 382 g/mol. The molecular formula is C23H27N3O4. The maximum absolute atomic E-state index is 12.8. The van der Waals surface area contributed by atoms with Crippen molar-refractivity contribution in [1.82, 2.24) is 14.7 Å². The van der Waals surface area contributed by atoms with Crippen LogP contribution in [0.15, 0.2) is 54.9 Å². The average Bonchev–Trinajstić information content (AvgIpc) is 3.20. The number of carbonyl (C=O) groups is 1. The zero-order valence-corrected chi connectivity index (χ0v) is 17.8. The summed E-state index contributed by atoms with van der Waals surface area (Å²) in [5.41, 5.74) is 2.95. The summed E-state index contributed by atoms with van der Waals surface area (Å²) in [6.07, 6.45) is 3.99. The molecule has 0 N–H and O–H groups in total. The van der Waals surface area contributed by atoms with Gasteiger partial charge in [0, 0.05) is 25.4 Å². The van der Waals surface area contributed by atoms with E-state index < -0.39 is 0 Å². The van der Waals surface area contributed by atoms with Crippen LogP contribution in [-0.4, -0.2) is 49.0 Å². The van der Waals surface area contributed by atoms with Crippen LogP contribution in [0.2, 0.25) is 0 Å². The fourth-order valence-electron chi connectivity index (χ4n) is 3.25. The molecule has 3 rings (SSSR count). The number of ether oxygens (including phenoxy) is 3. The molecule has 1 aromatic heterocycles. The van der Waals surface area contributed by atoms with Crippen molar-refractivity contribution in [2.45, 2.75) is 19.5 Å². The molecule has 0 radical (unpaired) electrons. The minimum Gasteiger partial charge on any atom is -0.493 e. The van der Waals surface area contributed by atoms with Crippen LogP contribution in [0, 0.1) is 0 Å². The Hall–Kier alpha value is -3.48. The van der Waals surface area contributed by atoms with Crippen molar-refractivity contribution < 1.29 is 19.0 Å². The SMILES string of the molecule is COc1cc(CC(=O)N(C)Cc2cnn(Cc3ccccc3)c2)cc(OC)c1OC. The molecule has 0 bridgehead atoms. The number of amides is 1. The van der Waals surface area contributed by atoms with E-state index in [0.29, 0.717) is 30.3 Å². The molecule has 7 heteroatoms. The van der Waals surface area contributed by atoms with Crippen molar-refractivity contribution in [3.8, 4) is 17.2 Å². The Morgan fingerprint density at radius 1 is 0.967 bits per heavy atom. The first kappa shape index (κ1) is 21.2. The summed E-state index contributed by atoms with van der Waals surface area (Å²) < 4.78 is 17.9. The van der Waals surface area contributed by atoms with E-state index in [1.54, 1.807) is 51.6 Å². The molecule has 0 spiro atoms. The molecule has 0 aliphatic carbocycles. The Morgan fingerprint density at radius 3 is 2.23 bits per heavy atom. The molecule has 0 aliphatic rings. The summed E-state index contributed by atoms with van der Waals surface area (Å²) in [5, 5.41) is 4.40. The van der Waals surface area contributed by atoms with E-state index in [-0.39, 0.29) is 12.3 Å². The van der Waals surface area contributed by atoms with Crippen LogP contribution in [0.4, 0.5) is 0 Å². The first-order valence-electron chi connectivity index (χ1n) is 9.62. The van der Waals surface area contributed by atoms with E-state index in [1.807, 2.05) is 29.1 Å². The van der Waals surface area contributed by atoms with Gasteiger partial charge in [0.1, 0.15) is 0 Å². The lowest BCUT2D eigenvalue weighted by Gasteiger charge is -2.18. The zero-order valence-electron chi connectivity index (χ0n) is 17.8. The third-order valence-electron chi connectivity index (χ3n) is 4.80. The average molecular weight is 409 g/mol. The van der Waals surface area contributed by atoms with Gasteiger partial charge in [0.05, 0.1) is 40.5 Å². The molecule has 158 valence electrons. The lowest BCUT2D eigenvalue weighted by Crippen LogP contribution is -2.27. The quantitative estimate of drug-likeness (QED) is 0.543. The maximum atomic E-state index is 12.8. The number of hydrogen-bond acceptors (Lipinski definition) is 5. The molecule has 0 fully saturated rings. The lowest BCUT2D eigenvalue weighted by molar-refractivity contribution is -0.129.